The predicted molar refractivity (Wildman–Crippen MR) is 57.5 cm³/mol. The molecule has 0 radical (unpaired) electrons. The van der Waals surface area contributed by atoms with Gasteiger partial charge in [0, 0.05) is 6.04 Å². The lowest BCUT2D eigenvalue weighted by atomic mass is 9.99. The van der Waals surface area contributed by atoms with Crippen molar-refractivity contribution in [3.05, 3.63) is 0 Å². The minimum Gasteiger partial charge on any atom is -0.301 e. The van der Waals surface area contributed by atoms with Crippen molar-refractivity contribution in [3.63, 3.8) is 0 Å². The smallest absolute Gasteiger partial charge is 0.0686 e. The molecular weight excluding hydrogens is 158 g/mol. The second-order valence-corrected chi connectivity index (χ2v) is 4.13. The third-order valence-corrected chi connectivity index (χ3v) is 3.18. The third kappa shape index (κ3) is 3.04. The Morgan fingerprint density at radius 2 is 2.08 bits per heavy atom. The van der Waals surface area contributed by atoms with Gasteiger partial charge in [-0.25, -0.2) is 0 Å². The second kappa shape index (κ2) is 5.29. The van der Waals surface area contributed by atoms with Gasteiger partial charge in [0.15, 0.2) is 0 Å². The van der Waals surface area contributed by atoms with E-state index in [2.05, 4.69) is 25.1 Å². The summed E-state index contributed by atoms with van der Waals surface area (Å²) in [6, 6.07) is 0.874. The zero-order valence-electron chi connectivity index (χ0n) is 8.84. The van der Waals surface area contributed by atoms with Crippen LogP contribution in [-0.4, -0.2) is 12.1 Å². The Kier molecular flexibility index (Phi) is 4.32. The van der Waals surface area contributed by atoms with E-state index in [4.69, 9.17) is 6.42 Å². The monoisotopic (exact) mass is 179 g/mol. The number of rotatable bonds is 4. The molecule has 1 saturated carbocycles. The van der Waals surface area contributed by atoms with Crippen LogP contribution in [0.25, 0.3) is 0 Å². The van der Waals surface area contributed by atoms with Gasteiger partial charge in [-0.15, -0.1) is 6.42 Å². The lowest BCUT2D eigenvalue weighted by Gasteiger charge is -2.23. The summed E-state index contributed by atoms with van der Waals surface area (Å²) < 4.78 is 0. The largest absolute Gasteiger partial charge is 0.301 e. The van der Waals surface area contributed by atoms with E-state index in [1.807, 2.05) is 0 Å². The molecule has 1 rings (SSSR count). The number of hydrogen-bond acceptors (Lipinski definition) is 1. The molecule has 0 bridgehead atoms. The Bertz CT molecular complexity index is 174. The van der Waals surface area contributed by atoms with Gasteiger partial charge in [0.25, 0.3) is 0 Å². The van der Waals surface area contributed by atoms with Crippen molar-refractivity contribution in [2.75, 3.05) is 0 Å². The molecule has 1 heteroatoms. The van der Waals surface area contributed by atoms with Crippen molar-refractivity contribution in [2.24, 2.45) is 5.92 Å². The van der Waals surface area contributed by atoms with Crippen molar-refractivity contribution in [1.82, 2.24) is 5.32 Å². The fourth-order valence-corrected chi connectivity index (χ4v) is 2.19. The van der Waals surface area contributed by atoms with Crippen LogP contribution in [0.1, 0.15) is 46.0 Å². The average Bonchev–Trinajstić information content (AvgIpc) is 2.66. The van der Waals surface area contributed by atoms with Crippen LogP contribution >= 0.6 is 0 Å². The molecule has 74 valence electrons. The van der Waals surface area contributed by atoms with Crippen LogP contribution in [0.4, 0.5) is 0 Å². The normalized spacial score (nSPS) is 22.5. The molecule has 0 aromatic heterocycles. The lowest BCUT2D eigenvalue weighted by molar-refractivity contribution is 0.362. The summed E-state index contributed by atoms with van der Waals surface area (Å²) in [5.41, 5.74) is 0. The first-order valence-electron chi connectivity index (χ1n) is 5.50. The van der Waals surface area contributed by atoms with E-state index >= 15 is 0 Å². The van der Waals surface area contributed by atoms with Gasteiger partial charge in [0.05, 0.1) is 6.04 Å². The van der Waals surface area contributed by atoms with Gasteiger partial charge in [-0.1, -0.05) is 25.7 Å². The Morgan fingerprint density at radius 1 is 1.46 bits per heavy atom. The molecular formula is C12H21N. The van der Waals surface area contributed by atoms with E-state index in [1.54, 1.807) is 0 Å². The first-order chi connectivity index (χ1) is 6.27. The van der Waals surface area contributed by atoms with Crippen LogP contribution in [0.15, 0.2) is 0 Å². The molecule has 0 heterocycles. The maximum atomic E-state index is 5.42. The Morgan fingerprint density at radius 3 is 2.54 bits per heavy atom. The fourth-order valence-electron chi connectivity index (χ4n) is 2.19. The van der Waals surface area contributed by atoms with Crippen LogP contribution in [0.5, 0.6) is 0 Å². The van der Waals surface area contributed by atoms with E-state index in [0.717, 1.165) is 12.3 Å². The molecule has 1 unspecified atom stereocenters. The summed E-state index contributed by atoms with van der Waals surface area (Å²) in [4.78, 5) is 0. The SMILES string of the molecule is C#CC(CC)N[C@H](C)C1CCCC1. The molecule has 0 spiro atoms. The molecule has 0 amide bonds. The second-order valence-electron chi connectivity index (χ2n) is 4.13. The summed E-state index contributed by atoms with van der Waals surface area (Å²) in [5.74, 6) is 3.66. The molecule has 0 aromatic rings. The Hall–Kier alpha value is -0.480. The van der Waals surface area contributed by atoms with Crippen molar-refractivity contribution >= 4 is 0 Å². The Labute approximate surface area is 82.3 Å². The maximum absolute atomic E-state index is 5.42. The average molecular weight is 179 g/mol. The number of terminal acetylenes is 1. The molecule has 2 atom stereocenters. The zero-order chi connectivity index (χ0) is 9.68. The van der Waals surface area contributed by atoms with E-state index in [0.29, 0.717) is 6.04 Å². The molecule has 0 aromatic carbocycles. The van der Waals surface area contributed by atoms with Gasteiger partial charge in [-0.2, -0.15) is 0 Å². The quantitative estimate of drug-likeness (QED) is 0.654. The van der Waals surface area contributed by atoms with Crippen LogP contribution in [0, 0.1) is 18.3 Å². The van der Waals surface area contributed by atoms with Crippen LogP contribution in [0.2, 0.25) is 0 Å². The molecule has 0 saturated heterocycles. The predicted octanol–water partition coefficient (Wildman–Crippen LogP) is 2.57. The van der Waals surface area contributed by atoms with Gasteiger partial charge >= 0.3 is 0 Å². The van der Waals surface area contributed by atoms with Crippen LogP contribution in [0.3, 0.4) is 0 Å². The summed E-state index contributed by atoms with van der Waals surface area (Å²) in [5, 5.41) is 3.52. The fraction of sp³-hybridized carbons (Fsp3) is 0.833. The molecule has 1 fully saturated rings. The molecule has 13 heavy (non-hydrogen) atoms. The van der Waals surface area contributed by atoms with Gasteiger partial charge in [-0.3, -0.25) is 0 Å². The number of nitrogens with one attached hydrogen (secondary N) is 1. The maximum Gasteiger partial charge on any atom is 0.0686 e. The van der Waals surface area contributed by atoms with Gasteiger partial charge in [0.1, 0.15) is 0 Å². The van der Waals surface area contributed by atoms with Crippen LogP contribution < -0.4 is 5.32 Å². The molecule has 1 nitrogen and oxygen atoms in total. The minimum atomic E-state index is 0.274. The first kappa shape index (κ1) is 10.6. The number of hydrogen-bond donors (Lipinski definition) is 1. The van der Waals surface area contributed by atoms with Crippen LogP contribution in [-0.2, 0) is 0 Å². The summed E-state index contributed by atoms with van der Waals surface area (Å²) in [6.45, 7) is 4.41. The molecule has 0 aliphatic heterocycles. The van der Waals surface area contributed by atoms with Gasteiger partial charge in [-0.05, 0) is 32.1 Å². The van der Waals surface area contributed by atoms with E-state index in [1.165, 1.54) is 25.7 Å². The van der Waals surface area contributed by atoms with Crippen molar-refractivity contribution in [3.8, 4) is 12.3 Å². The van der Waals surface area contributed by atoms with Crippen molar-refractivity contribution in [2.45, 2.75) is 58.0 Å². The summed E-state index contributed by atoms with van der Waals surface area (Å²) in [7, 11) is 0. The van der Waals surface area contributed by atoms with Crippen molar-refractivity contribution in [1.29, 1.82) is 0 Å². The topological polar surface area (TPSA) is 12.0 Å². The van der Waals surface area contributed by atoms with Crippen molar-refractivity contribution < 1.29 is 0 Å². The highest BCUT2D eigenvalue weighted by molar-refractivity contribution is 4.99. The standard InChI is InChI=1S/C12H21N/c1-4-12(5-2)13-10(3)11-8-6-7-9-11/h1,10-13H,5-9H2,2-3H3/t10-,12?/m1/s1. The highest BCUT2D eigenvalue weighted by atomic mass is 14.9. The van der Waals surface area contributed by atoms with Gasteiger partial charge < -0.3 is 5.32 Å². The van der Waals surface area contributed by atoms with E-state index in [9.17, 15) is 0 Å². The summed E-state index contributed by atoms with van der Waals surface area (Å²) in [6.07, 6.45) is 12.0. The summed E-state index contributed by atoms with van der Waals surface area (Å²) >= 11 is 0. The lowest BCUT2D eigenvalue weighted by Crippen LogP contribution is -2.39. The molecule has 1 N–H and O–H groups in total. The third-order valence-electron chi connectivity index (χ3n) is 3.18. The highest BCUT2D eigenvalue weighted by Crippen LogP contribution is 2.27. The minimum absolute atomic E-state index is 0.274. The van der Waals surface area contributed by atoms with Gasteiger partial charge in [0.2, 0.25) is 0 Å². The molecule has 1 aliphatic carbocycles. The highest BCUT2D eigenvalue weighted by Gasteiger charge is 2.22. The zero-order valence-corrected chi connectivity index (χ0v) is 8.84. The Balaban J connectivity index is 2.30. The van der Waals surface area contributed by atoms with E-state index in [-0.39, 0.29) is 6.04 Å². The van der Waals surface area contributed by atoms with E-state index < -0.39 is 0 Å². The first-order valence-corrected chi connectivity index (χ1v) is 5.50. The molecule has 1 aliphatic rings.